The molecule has 2 heterocycles. The number of nitrogens with zero attached hydrogens (tertiary/aromatic N) is 2. The van der Waals surface area contributed by atoms with Crippen LogP contribution in [0.2, 0.25) is 0 Å². The third kappa shape index (κ3) is 7.19. The molecule has 2 aromatic carbocycles. The molecule has 0 aliphatic carbocycles. The Bertz CT molecular complexity index is 1320. The van der Waals surface area contributed by atoms with Gasteiger partial charge in [-0.1, -0.05) is 42.5 Å². The van der Waals surface area contributed by atoms with Gasteiger partial charge < -0.3 is 25.8 Å². The average molecular weight is 535 g/mol. The Hall–Kier alpha value is -5.20. The Morgan fingerprint density at radius 3 is 2.51 bits per heavy atom. The van der Waals surface area contributed by atoms with Crippen molar-refractivity contribution in [2.24, 2.45) is 4.99 Å². The number of nitrogens with one attached hydrogen (secondary N) is 4. The van der Waals surface area contributed by atoms with Gasteiger partial charge >= 0.3 is 18.1 Å². The molecule has 0 unspecified atom stereocenters. The molecule has 2 aliphatic rings. The molecule has 39 heavy (non-hydrogen) atoms. The first-order valence-corrected chi connectivity index (χ1v) is 12.0. The summed E-state index contributed by atoms with van der Waals surface area (Å²) in [7, 11) is 0. The molecule has 0 bridgehead atoms. The van der Waals surface area contributed by atoms with Gasteiger partial charge in [0.25, 0.3) is 11.8 Å². The Kier molecular flexibility index (Phi) is 8.51. The number of urea groups is 1. The summed E-state index contributed by atoms with van der Waals surface area (Å²) in [4.78, 5) is 66.3. The number of carboxylic acid groups (broad SMARTS) is 1. The van der Waals surface area contributed by atoms with Crippen LogP contribution >= 0.6 is 0 Å². The molecule has 0 saturated carbocycles. The summed E-state index contributed by atoms with van der Waals surface area (Å²) in [5.74, 6) is -2.16. The van der Waals surface area contributed by atoms with E-state index >= 15 is 0 Å². The van der Waals surface area contributed by atoms with Gasteiger partial charge in [0, 0.05) is 18.7 Å². The van der Waals surface area contributed by atoms with Gasteiger partial charge in [0.2, 0.25) is 0 Å². The summed E-state index contributed by atoms with van der Waals surface area (Å²) < 4.78 is 5.03. The molecule has 13 nitrogen and oxygen atoms in total. The van der Waals surface area contributed by atoms with Crippen molar-refractivity contribution in [2.45, 2.75) is 19.1 Å². The van der Waals surface area contributed by atoms with E-state index in [4.69, 9.17) is 4.74 Å². The van der Waals surface area contributed by atoms with Crippen LogP contribution in [0.4, 0.5) is 9.59 Å². The Morgan fingerprint density at radius 2 is 1.85 bits per heavy atom. The number of carbonyl (C=O) groups is 5. The monoisotopic (exact) mass is 534 g/mol. The fraction of sp³-hybridized carbons (Fsp3) is 0.231. The van der Waals surface area contributed by atoms with Crippen molar-refractivity contribution < 1.29 is 33.8 Å². The van der Waals surface area contributed by atoms with Gasteiger partial charge in [-0.3, -0.25) is 24.8 Å². The molecule has 2 aromatic rings. The van der Waals surface area contributed by atoms with E-state index in [2.05, 4.69) is 26.3 Å². The van der Waals surface area contributed by atoms with Gasteiger partial charge in [0.05, 0.1) is 6.54 Å². The lowest BCUT2D eigenvalue weighted by atomic mass is 10.1. The molecule has 4 rings (SSSR count). The quantitative estimate of drug-likeness (QED) is 0.246. The van der Waals surface area contributed by atoms with Gasteiger partial charge in [0.1, 0.15) is 18.3 Å². The Morgan fingerprint density at radius 1 is 1.10 bits per heavy atom. The smallest absolute Gasteiger partial charge is 0.408 e. The summed E-state index contributed by atoms with van der Waals surface area (Å²) in [6.07, 6.45) is 1.28. The standard InChI is InChI=1S/C26H26N6O7/c33-21(31-24-27-11-4-12-28-24)18-9-7-16(8-10-18)13-19-22(34)32(25(37)29-19)14-20(23(35)36)30-26(38)39-15-17-5-2-1-3-6-17/h1-3,5-10,13,20H,4,11-12,14-15H2,(H,29,37)(H,30,38)(H,35,36)(H2,27,28,31,33)/t20-/m0/s1. The second-order valence-electron chi connectivity index (χ2n) is 8.59. The number of carboxylic acids is 1. The van der Waals surface area contributed by atoms with E-state index in [1.807, 2.05) is 0 Å². The number of imide groups is 1. The van der Waals surface area contributed by atoms with Crippen LogP contribution in [-0.4, -0.2) is 71.6 Å². The summed E-state index contributed by atoms with van der Waals surface area (Å²) in [6, 6.07) is 12.6. The summed E-state index contributed by atoms with van der Waals surface area (Å²) >= 11 is 0. The van der Waals surface area contributed by atoms with Gasteiger partial charge in [-0.15, -0.1) is 0 Å². The molecule has 202 valence electrons. The summed E-state index contributed by atoms with van der Waals surface area (Å²) in [5, 5.41) is 19.8. The fourth-order valence-corrected chi connectivity index (χ4v) is 3.71. The number of benzene rings is 2. The minimum Gasteiger partial charge on any atom is -0.480 e. The van der Waals surface area contributed by atoms with E-state index in [0.29, 0.717) is 34.1 Å². The van der Waals surface area contributed by atoms with Crippen molar-refractivity contribution in [3.05, 3.63) is 77.0 Å². The Labute approximate surface area is 222 Å². The van der Waals surface area contributed by atoms with E-state index < -0.39 is 36.6 Å². The topological polar surface area (TPSA) is 179 Å². The highest BCUT2D eigenvalue weighted by atomic mass is 16.5. The lowest BCUT2D eigenvalue weighted by Gasteiger charge is -2.19. The van der Waals surface area contributed by atoms with Crippen molar-refractivity contribution in [3.8, 4) is 0 Å². The number of hydrogen-bond acceptors (Lipinski definition) is 8. The summed E-state index contributed by atoms with van der Waals surface area (Å²) in [5.41, 5.74) is 1.49. The number of hydrogen-bond donors (Lipinski definition) is 5. The zero-order valence-corrected chi connectivity index (χ0v) is 20.7. The average Bonchev–Trinajstić information content (AvgIpc) is 3.20. The van der Waals surface area contributed by atoms with Crippen LogP contribution in [-0.2, 0) is 20.9 Å². The number of aliphatic carboxylic acids is 1. The largest absolute Gasteiger partial charge is 0.480 e. The van der Waals surface area contributed by atoms with E-state index in [9.17, 15) is 29.1 Å². The first-order valence-electron chi connectivity index (χ1n) is 12.0. The van der Waals surface area contributed by atoms with Crippen LogP contribution < -0.4 is 21.3 Å². The fourth-order valence-electron chi connectivity index (χ4n) is 3.71. The van der Waals surface area contributed by atoms with Gasteiger partial charge in [0.15, 0.2) is 5.96 Å². The molecule has 1 saturated heterocycles. The molecular weight excluding hydrogens is 508 g/mol. The predicted molar refractivity (Wildman–Crippen MR) is 138 cm³/mol. The highest BCUT2D eigenvalue weighted by molar-refractivity contribution is 6.14. The maximum atomic E-state index is 12.8. The third-order valence-corrected chi connectivity index (χ3v) is 5.74. The molecule has 5 N–H and O–H groups in total. The van der Waals surface area contributed by atoms with Crippen LogP contribution in [0.25, 0.3) is 6.08 Å². The molecular formula is C26H26N6O7. The van der Waals surface area contributed by atoms with Crippen molar-refractivity contribution in [3.63, 3.8) is 0 Å². The van der Waals surface area contributed by atoms with Crippen molar-refractivity contribution in [2.75, 3.05) is 19.6 Å². The van der Waals surface area contributed by atoms with E-state index in [0.717, 1.165) is 13.0 Å². The summed E-state index contributed by atoms with van der Waals surface area (Å²) in [6.45, 7) is 0.660. The molecule has 1 atom stereocenters. The highest BCUT2D eigenvalue weighted by Crippen LogP contribution is 2.15. The number of aliphatic imine (C=N–C) groups is 1. The first kappa shape index (κ1) is 26.9. The second-order valence-corrected chi connectivity index (χ2v) is 8.59. The first-order chi connectivity index (χ1) is 18.8. The van der Waals surface area contributed by atoms with E-state index in [1.54, 1.807) is 54.6 Å². The van der Waals surface area contributed by atoms with Crippen molar-refractivity contribution >= 4 is 41.9 Å². The molecule has 0 spiro atoms. The zero-order valence-electron chi connectivity index (χ0n) is 20.7. The predicted octanol–water partition coefficient (Wildman–Crippen LogP) is 1.04. The zero-order chi connectivity index (χ0) is 27.8. The lowest BCUT2D eigenvalue weighted by Crippen LogP contribution is -2.50. The van der Waals surface area contributed by atoms with Crippen molar-refractivity contribution in [1.29, 1.82) is 0 Å². The molecule has 0 radical (unpaired) electrons. The molecule has 0 aromatic heterocycles. The van der Waals surface area contributed by atoms with Gasteiger partial charge in [-0.05, 0) is 35.8 Å². The van der Waals surface area contributed by atoms with E-state index in [1.165, 1.54) is 6.08 Å². The number of alkyl carbamates (subject to hydrolysis) is 1. The minimum absolute atomic E-state index is 0.0822. The van der Waals surface area contributed by atoms with Crippen molar-refractivity contribution in [1.82, 2.24) is 26.2 Å². The minimum atomic E-state index is -1.59. The van der Waals surface area contributed by atoms with Crippen LogP contribution in [0.15, 0.2) is 65.3 Å². The third-order valence-electron chi connectivity index (χ3n) is 5.74. The van der Waals surface area contributed by atoms with E-state index in [-0.39, 0.29) is 18.2 Å². The maximum Gasteiger partial charge on any atom is 0.408 e. The maximum absolute atomic E-state index is 12.8. The number of carbonyl (C=O) groups excluding carboxylic acids is 4. The normalized spacial score (nSPS) is 16.6. The SMILES string of the molecule is O=C(N[C@@H](CN1C(=O)NC(=Cc2ccc(C(=O)NC3=NCCCN3)cc2)C1=O)C(=O)O)OCc1ccccc1. The second kappa shape index (κ2) is 12.4. The molecule has 1 fully saturated rings. The van der Waals surface area contributed by atoms with Crippen LogP contribution in [0.3, 0.4) is 0 Å². The molecule has 2 aliphatic heterocycles. The van der Waals surface area contributed by atoms with Gasteiger partial charge in [-0.25, -0.2) is 14.4 Å². The van der Waals surface area contributed by atoms with Crippen LogP contribution in [0.5, 0.6) is 0 Å². The van der Waals surface area contributed by atoms with Gasteiger partial charge in [-0.2, -0.15) is 0 Å². The molecule has 13 heteroatoms. The number of guanidine groups is 1. The lowest BCUT2D eigenvalue weighted by molar-refractivity contribution is -0.140. The number of ether oxygens (including phenoxy) is 1. The number of amides is 5. The Balaban J connectivity index is 1.35. The van der Waals surface area contributed by atoms with Crippen LogP contribution in [0, 0.1) is 0 Å². The number of rotatable bonds is 8. The molecule has 5 amide bonds. The van der Waals surface area contributed by atoms with Crippen LogP contribution in [0.1, 0.15) is 27.9 Å². The highest BCUT2D eigenvalue weighted by Gasteiger charge is 2.37.